The lowest BCUT2D eigenvalue weighted by molar-refractivity contribution is 0.111. The van der Waals surface area contributed by atoms with Crippen LogP contribution in [0.25, 0.3) is 0 Å². The molecule has 0 aliphatic carbocycles. The van der Waals surface area contributed by atoms with Gasteiger partial charge in [0.05, 0.1) is 6.61 Å². The summed E-state index contributed by atoms with van der Waals surface area (Å²) >= 11 is 1.77. The van der Waals surface area contributed by atoms with Gasteiger partial charge in [-0.1, -0.05) is 26.0 Å². The minimum Gasteiger partial charge on any atom is -0.380 e. The Morgan fingerprint density at radius 3 is 2.53 bits per heavy atom. The molecule has 0 heterocycles. The highest BCUT2D eigenvalue weighted by molar-refractivity contribution is 7.98. The van der Waals surface area contributed by atoms with Gasteiger partial charge in [0.1, 0.15) is 0 Å². The molecule has 0 fully saturated rings. The number of hydrogen-bond donors (Lipinski definition) is 1. The van der Waals surface area contributed by atoms with Crippen molar-refractivity contribution in [2.75, 3.05) is 26.0 Å². The molecule has 1 N–H and O–H groups in total. The molecule has 17 heavy (non-hydrogen) atoms. The molecule has 2 nitrogen and oxygen atoms in total. The van der Waals surface area contributed by atoms with E-state index < -0.39 is 0 Å². The molecule has 3 heteroatoms. The maximum Gasteiger partial charge on any atom is 0.0591 e. The van der Waals surface area contributed by atoms with Crippen LogP contribution in [-0.4, -0.2) is 26.0 Å². The van der Waals surface area contributed by atoms with E-state index >= 15 is 0 Å². The zero-order valence-corrected chi connectivity index (χ0v) is 11.8. The largest absolute Gasteiger partial charge is 0.380 e. The number of nitrogens with one attached hydrogen (secondary N) is 1. The third-order valence-corrected chi connectivity index (χ3v) is 3.11. The Bertz CT molecular complexity index is 298. The van der Waals surface area contributed by atoms with Crippen molar-refractivity contribution in [3.8, 4) is 0 Å². The summed E-state index contributed by atoms with van der Waals surface area (Å²) in [5, 5.41) is 3.38. The molecule has 1 rings (SSSR count). The first-order valence-corrected chi connectivity index (χ1v) is 7.36. The first kappa shape index (κ1) is 14.6. The second-order valence-corrected chi connectivity index (χ2v) is 5.37. The maximum atomic E-state index is 5.50. The summed E-state index contributed by atoms with van der Waals surface area (Å²) in [6, 6.07) is 8.68. The van der Waals surface area contributed by atoms with Crippen LogP contribution >= 0.6 is 11.8 Å². The summed E-state index contributed by atoms with van der Waals surface area (Å²) in [5.74, 6) is 0.620. The number of hydrogen-bond acceptors (Lipinski definition) is 3. The summed E-state index contributed by atoms with van der Waals surface area (Å²) in [5.41, 5.74) is 1.33. The molecular weight excluding hydrogens is 230 g/mol. The van der Waals surface area contributed by atoms with Gasteiger partial charge in [-0.3, -0.25) is 0 Å². The van der Waals surface area contributed by atoms with Gasteiger partial charge >= 0.3 is 0 Å². The molecule has 1 aromatic carbocycles. The van der Waals surface area contributed by atoms with E-state index in [4.69, 9.17) is 4.74 Å². The fourth-order valence-electron chi connectivity index (χ4n) is 1.44. The van der Waals surface area contributed by atoms with Crippen molar-refractivity contribution in [2.24, 2.45) is 5.92 Å². The lowest BCUT2D eigenvalue weighted by Crippen LogP contribution is -2.20. The average molecular weight is 253 g/mol. The van der Waals surface area contributed by atoms with Crippen LogP contribution in [0.5, 0.6) is 0 Å². The van der Waals surface area contributed by atoms with E-state index in [2.05, 4.69) is 49.7 Å². The van der Waals surface area contributed by atoms with E-state index in [1.807, 2.05) is 0 Å². The van der Waals surface area contributed by atoms with E-state index in [9.17, 15) is 0 Å². The van der Waals surface area contributed by atoms with Crippen molar-refractivity contribution in [1.82, 2.24) is 5.32 Å². The predicted molar refractivity (Wildman–Crippen MR) is 75.6 cm³/mol. The number of rotatable bonds is 8. The van der Waals surface area contributed by atoms with Gasteiger partial charge in [-0.05, 0) is 29.9 Å². The Morgan fingerprint density at radius 1 is 1.24 bits per heavy atom. The fourth-order valence-corrected chi connectivity index (χ4v) is 1.85. The van der Waals surface area contributed by atoms with Crippen molar-refractivity contribution < 1.29 is 4.74 Å². The van der Waals surface area contributed by atoms with Gasteiger partial charge < -0.3 is 10.1 Å². The van der Waals surface area contributed by atoms with Crippen molar-refractivity contribution >= 4 is 11.8 Å². The van der Waals surface area contributed by atoms with Crippen LogP contribution < -0.4 is 5.32 Å². The predicted octanol–water partition coefficient (Wildman–Crippen LogP) is 3.17. The van der Waals surface area contributed by atoms with Crippen molar-refractivity contribution in [3.63, 3.8) is 0 Å². The van der Waals surface area contributed by atoms with E-state index in [0.29, 0.717) is 5.92 Å². The zero-order valence-electron chi connectivity index (χ0n) is 11.0. The van der Waals surface area contributed by atoms with E-state index in [1.165, 1.54) is 10.5 Å². The second-order valence-electron chi connectivity index (χ2n) is 4.49. The Balaban J connectivity index is 2.09. The highest BCUT2D eigenvalue weighted by Gasteiger charge is 1.95. The molecule has 0 radical (unpaired) electrons. The molecule has 0 aromatic heterocycles. The van der Waals surface area contributed by atoms with E-state index in [0.717, 1.165) is 26.3 Å². The Morgan fingerprint density at radius 2 is 1.94 bits per heavy atom. The zero-order chi connectivity index (χ0) is 12.5. The van der Waals surface area contributed by atoms with Gasteiger partial charge in [-0.15, -0.1) is 11.8 Å². The summed E-state index contributed by atoms with van der Waals surface area (Å²) in [7, 11) is 0. The van der Waals surface area contributed by atoms with Crippen LogP contribution in [0, 0.1) is 5.92 Å². The molecule has 0 saturated carbocycles. The van der Waals surface area contributed by atoms with Crippen LogP contribution in [0.1, 0.15) is 19.4 Å². The minimum atomic E-state index is 0.620. The first-order chi connectivity index (χ1) is 8.22. The second kappa shape index (κ2) is 8.56. The molecule has 0 atom stereocenters. The van der Waals surface area contributed by atoms with Crippen LogP contribution in [0.2, 0.25) is 0 Å². The van der Waals surface area contributed by atoms with Crippen molar-refractivity contribution in [1.29, 1.82) is 0 Å². The van der Waals surface area contributed by atoms with Crippen LogP contribution in [0.4, 0.5) is 0 Å². The molecular formula is C14H23NOS. The Labute approximate surface area is 109 Å². The third kappa shape index (κ3) is 6.71. The van der Waals surface area contributed by atoms with Gasteiger partial charge in [-0.2, -0.15) is 0 Å². The van der Waals surface area contributed by atoms with Gasteiger partial charge in [-0.25, -0.2) is 0 Å². The number of thioether (sulfide) groups is 1. The number of ether oxygens (including phenoxy) is 1. The van der Waals surface area contributed by atoms with E-state index in [-0.39, 0.29) is 0 Å². The van der Waals surface area contributed by atoms with Crippen LogP contribution in [0.15, 0.2) is 29.2 Å². The van der Waals surface area contributed by atoms with Gasteiger partial charge in [0.25, 0.3) is 0 Å². The Hall–Kier alpha value is -0.510. The molecule has 0 spiro atoms. The molecule has 0 unspecified atom stereocenters. The van der Waals surface area contributed by atoms with Crippen LogP contribution in [0.3, 0.4) is 0 Å². The SMILES string of the molecule is CSc1ccc(CNCCOCC(C)C)cc1. The quantitative estimate of drug-likeness (QED) is 0.568. The summed E-state index contributed by atoms with van der Waals surface area (Å²) in [6.07, 6.45) is 2.10. The maximum absolute atomic E-state index is 5.50. The van der Waals surface area contributed by atoms with E-state index in [1.54, 1.807) is 11.8 Å². The van der Waals surface area contributed by atoms with Crippen molar-refractivity contribution in [3.05, 3.63) is 29.8 Å². The molecule has 1 aromatic rings. The molecule has 0 saturated heterocycles. The summed E-state index contributed by atoms with van der Waals surface area (Å²) < 4.78 is 5.50. The van der Waals surface area contributed by atoms with Crippen molar-refractivity contribution in [2.45, 2.75) is 25.3 Å². The average Bonchev–Trinajstić information content (AvgIpc) is 2.34. The Kier molecular flexibility index (Phi) is 7.33. The lowest BCUT2D eigenvalue weighted by atomic mass is 10.2. The first-order valence-electron chi connectivity index (χ1n) is 6.13. The topological polar surface area (TPSA) is 21.3 Å². The molecule has 96 valence electrons. The normalized spacial score (nSPS) is 11.1. The third-order valence-electron chi connectivity index (χ3n) is 2.36. The fraction of sp³-hybridized carbons (Fsp3) is 0.571. The van der Waals surface area contributed by atoms with Crippen LogP contribution in [-0.2, 0) is 11.3 Å². The molecule has 0 amide bonds. The summed E-state index contributed by atoms with van der Waals surface area (Å²) in [4.78, 5) is 1.31. The highest BCUT2D eigenvalue weighted by atomic mass is 32.2. The number of benzene rings is 1. The lowest BCUT2D eigenvalue weighted by Gasteiger charge is -2.08. The smallest absolute Gasteiger partial charge is 0.0591 e. The standard InChI is InChI=1S/C14H23NOS/c1-12(2)11-16-9-8-15-10-13-4-6-14(17-3)7-5-13/h4-7,12,15H,8-11H2,1-3H3. The molecule has 0 aliphatic heterocycles. The highest BCUT2D eigenvalue weighted by Crippen LogP contribution is 2.14. The monoisotopic (exact) mass is 253 g/mol. The van der Waals surface area contributed by atoms with Gasteiger partial charge in [0.2, 0.25) is 0 Å². The minimum absolute atomic E-state index is 0.620. The summed E-state index contributed by atoms with van der Waals surface area (Å²) in [6.45, 7) is 7.81. The molecule has 0 bridgehead atoms. The van der Waals surface area contributed by atoms with Gasteiger partial charge in [0, 0.05) is 24.6 Å². The van der Waals surface area contributed by atoms with Gasteiger partial charge in [0.15, 0.2) is 0 Å². The molecule has 0 aliphatic rings.